The van der Waals surface area contributed by atoms with Crippen molar-refractivity contribution in [3.05, 3.63) is 12.2 Å². The summed E-state index contributed by atoms with van der Waals surface area (Å²) < 4.78 is 0. The van der Waals surface area contributed by atoms with E-state index in [1.807, 2.05) is 12.2 Å². The van der Waals surface area contributed by atoms with Crippen LogP contribution in [-0.4, -0.2) is 29.4 Å². The van der Waals surface area contributed by atoms with Crippen molar-refractivity contribution in [1.29, 1.82) is 0 Å². The summed E-state index contributed by atoms with van der Waals surface area (Å²) >= 11 is 0. The van der Waals surface area contributed by atoms with Crippen molar-refractivity contribution >= 4 is 17.8 Å². The lowest BCUT2D eigenvalue weighted by Crippen LogP contribution is -2.42. The molecule has 116 valence electrons. The van der Waals surface area contributed by atoms with E-state index >= 15 is 0 Å². The molecule has 2 amide bonds. The second-order valence-corrected chi connectivity index (χ2v) is 5.90. The monoisotopic (exact) mass is 294 g/mol. The van der Waals surface area contributed by atoms with Gasteiger partial charge in [-0.25, -0.2) is 0 Å². The lowest BCUT2D eigenvalue weighted by Gasteiger charge is -2.24. The number of unbranched alkanes of at least 4 members (excludes halogenated alkanes) is 2. The predicted octanol–water partition coefficient (Wildman–Crippen LogP) is 0.671. The highest BCUT2D eigenvalue weighted by molar-refractivity contribution is 5.89. The van der Waals surface area contributed by atoms with E-state index in [1.165, 1.54) is 0 Å². The molecule has 0 heterocycles. The van der Waals surface area contributed by atoms with E-state index in [-0.39, 0.29) is 36.0 Å². The Labute approximate surface area is 123 Å². The van der Waals surface area contributed by atoms with Gasteiger partial charge in [-0.1, -0.05) is 18.6 Å². The van der Waals surface area contributed by atoms with Gasteiger partial charge in [-0.2, -0.15) is 0 Å². The Bertz CT molecular complexity index is 461. The molecule has 6 heteroatoms. The Kier molecular flexibility index (Phi) is 4.98. The van der Waals surface area contributed by atoms with Crippen molar-refractivity contribution in [2.75, 3.05) is 6.54 Å². The summed E-state index contributed by atoms with van der Waals surface area (Å²) in [5, 5.41) is 11.4. The van der Waals surface area contributed by atoms with E-state index in [2.05, 4.69) is 5.32 Å². The number of amides is 2. The van der Waals surface area contributed by atoms with E-state index in [1.54, 1.807) is 0 Å². The zero-order chi connectivity index (χ0) is 15.4. The van der Waals surface area contributed by atoms with Crippen LogP contribution in [-0.2, 0) is 14.4 Å². The second kappa shape index (κ2) is 6.74. The normalized spacial score (nSPS) is 29.5. The van der Waals surface area contributed by atoms with Crippen molar-refractivity contribution in [2.24, 2.45) is 29.4 Å². The molecule has 4 atom stereocenters. The maximum absolute atomic E-state index is 12.2. The first-order valence-electron chi connectivity index (χ1n) is 7.48. The summed E-state index contributed by atoms with van der Waals surface area (Å²) in [6.45, 7) is 0.515. The molecule has 1 fully saturated rings. The average Bonchev–Trinajstić information content (AvgIpc) is 3.02. The molecule has 2 rings (SSSR count). The molecule has 0 saturated heterocycles. The van der Waals surface area contributed by atoms with Crippen molar-refractivity contribution < 1.29 is 19.5 Å². The number of primary amides is 1. The Balaban J connectivity index is 1.74. The van der Waals surface area contributed by atoms with Crippen LogP contribution in [0.4, 0.5) is 0 Å². The van der Waals surface area contributed by atoms with E-state index in [0.29, 0.717) is 13.0 Å². The first-order chi connectivity index (χ1) is 10.0. The topological polar surface area (TPSA) is 109 Å². The molecule has 1 saturated carbocycles. The SMILES string of the molecule is NC(=O)C1C2C=CC(C2)C1C(=O)NCCCCCC(=O)O. The quantitative estimate of drug-likeness (QED) is 0.451. The minimum atomic E-state index is -0.794. The van der Waals surface area contributed by atoms with Crippen LogP contribution in [0.3, 0.4) is 0 Å². The van der Waals surface area contributed by atoms with Crippen molar-refractivity contribution in [2.45, 2.75) is 32.1 Å². The molecule has 6 nitrogen and oxygen atoms in total. The van der Waals surface area contributed by atoms with Gasteiger partial charge in [0.15, 0.2) is 0 Å². The van der Waals surface area contributed by atoms with Gasteiger partial charge in [-0.05, 0) is 31.1 Å². The van der Waals surface area contributed by atoms with Crippen LogP contribution in [0.5, 0.6) is 0 Å². The number of aliphatic carboxylic acids is 1. The zero-order valence-electron chi connectivity index (χ0n) is 12.0. The predicted molar refractivity (Wildman–Crippen MR) is 76.0 cm³/mol. The van der Waals surface area contributed by atoms with Crippen LogP contribution in [0.15, 0.2) is 12.2 Å². The number of hydrogen-bond donors (Lipinski definition) is 3. The molecule has 4 unspecified atom stereocenters. The molecule has 0 aromatic heterocycles. The number of rotatable bonds is 8. The molecular weight excluding hydrogens is 272 g/mol. The maximum atomic E-state index is 12.2. The van der Waals surface area contributed by atoms with Crippen LogP contribution in [0.1, 0.15) is 32.1 Å². The van der Waals surface area contributed by atoms with E-state index in [4.69, 9.17) is 10.8 Å². The Morgan fingerprint density at radius 3 is 2.38 bits per heavy atom. The smallest absolute Gasteiger partial charge is 0.303 e. The third-order valence-electron chi connectivity index (χ3n) is 4.46. The van der Waals surface area contributed by atoms with E-state index in [9.17, 15) is 14.4 Å². The number of carbonyl (C=O) groups excluding carboxylic acids is 2. The molecular formula is C15H22N2O4. The highest BCUT2D eigenvalue weighted by Gasteiger charge is 2.50. The summed E-state index contributed by atoms with van der Waals surface area (Å²) in [7, 11) is 0. The lowest BCUT2D eigenvalue weighted by molar-refractivity contribution is -0.137. The van der Waals surface area contributed by atoms with Crippen molar-refractivity contribution in [3.63, 3.8) is 0 Å². The van der Waals surface area contributed by atoms with Gasteiger partial charge in [-0.15, -0.1) is 0 Å². The van der Waals surface area contributed by atoms with Gasteiger partial charge in [0.05, 0.1) is 11.8 Å². The van der Waals surface area contributed by atoms with Gasteiger partial charge in [0, 0.05) is 13.0 Å². The number of carbonyl (C=O) groups is 3. The van der Waals surface area contributed by atoms with Crippen LogP contribution in [0, 0.1) is 23.7 Å². The fourth-order valence-corrected chi connectivity index (χ4v) is 3.48. The molecule has 2 bridgehead atoms. The number of fused-ring (bicyclic) bond motifs is 2. The average molecular weight is 294 g/mol. The number of carboxylic acid groups (broad SMARTS) is 1. The van der Waals surface area contributed by atoms with Gasteiger partial charge in [0.2, 0.25) is 11.8 Å². The minimum Gasteiger partial charge on any atom is -0.481 e. The maximum Gasteiger partial charge on any atom is 0.303 e. The molecule has 4 N–H and O–H groups in total. The number of hydrogen-bond acceptors (Lipinski definition) is 3. The highest BCUT2D eigenvalue weighted by atomic mass is 16.4. The fraction of sp³-hybridized carbons (Fsp3) is 0.667. The highest BCUT2D eigenvalue weighted by Crippen LogP contribution is 2.47. The van der Waals surface area contributed by atoms with E-state index < -0.39 is 11.9 Å². The molecule has 0 aromatic carbocycles. The molecule has 0 radical (unpaired) electrons. The number of carboxylic acids is 1. The summed E-state index contributed by atoms with van der Waals surface area (Å²) in [5.74, 6) is -1.78. The van der Waals surface area contributed by atoms with Gasteiger partial charge >= 0.3 is 5.97 Å². The fourth-order valence-electron chi connectivity index (χ4n) is 3.48. The lowest BCUT2D eigenvalue weighted by atomic mass is 9.82. The number of nitrogens with one attached hydrogen (secondary N) is 1. The molecule has 0 spiro atoms. The molecule has 2 aliphatic rings. The van der Waals surface area contributed by atoms with Gasteiger partial charge in [-0.3, -0.25) is 14.4 Å². The Hall–Kier alpha value is -1.85. The third-order valence-corrected chi connectivity index (χ3v) is 4.46. The Morgan fingerprint density at radius 2 is 1.76 bits per heavy atom. The summed E-state index contributed by atoms with van der Waals surface area (Å²) in [6.07, 6.45) is 7.14. The van der Waals surface area contributed by atoms with Crippen LogP contribution in [0.25, 0.3) is 0 Å². The number of nitrogens with two attached hydrogens (primary N) is 1. The largest absolute Gasteiger partial charge is 0.481 e. The third kappa shape index (κ3) is 3.62. The van der Waals surface area contributed by atoms with Crippen LogP contribution >= 0.6 is 0 Å². The minimum absolute atomic E-state index is 0.103. The van der Waals surface area contributed by atoms with Crippen molar-refractivity contribution in [1.82, 2.24) is 5.32 Å². The Morgan fingerprint density at radius 1 is 1.10 bits per heavy atom. The summed E-state index contributed by atoms with van der Waals surface area (Å²) in [5.41, 5.74) is 5.43. The van der Waals surface area contributed by atoms with Crippen LogP contribution in [0.2, 0.25) is 0 Å². The summed E-state index contributed by atoms with van der Waals surface area (Å²) in [4.78, 5) is 34.1. The summed E-state index contributed by atoms with van der Waals surface area (Å²) in [6, 6.07) is 0. The first-order valence-corrected chi connectivity index (χ1v) is 7.48. The van der Waals surface area contributed by atoms with Gasteiger partial charge < -0.3 is 16.2 Å². The van der Waals surface area contributed by atoms with Crippen LogP contribution < -0.4 is 11.1 Å². The number of allylic oxidation sites excluding steroid dienone is 2. The molecule has 21 heavy (non-hydrogen) atoms. The van der Waals surface area contributed by atoms with Gasteiger partial charge in [0.1, 0.15) is 0 Å². The molecule has 0 aliphatic heterocycles. The van der Waals surface area contributed by atoms with Crippen molar-refractivity contribution in [3.8, 4) is 0 Å². The van der Waals surface area contributed by atoms with Gasteiger partial charge in [0.25, 0.3) is 0 Å². The molecule has 0 aromatic rings. The standard InChI is InChI=1S/C15H22N2O4/c16-14(20)12-9-5-6-10(8-9)13(12)15(21)17-7-3-1-2-4-11(18)19/h5-6,9-10,12-13H,1-4,7-8H2,(H2,16,20)(H,17,21)(H,18,19). The second-order valence-electron chi connectivity index (χ2n) is 5.90. The van der Waals surface area contributed by atoms with E-state index in [0.717, 1.165) is 19.3 Å². The molecule has 2 aliphatic carbocycles. The zero-order valence-corrected chi connectivity index (χ0v) is 12.0. The first kappa shape index (κ1) is 15.5.